The zero-order valence-electron chi connectivity index (χ0n) is 18.3. The minimum atomic E-state index is -4.58. The van der Waals surface area contributed by atoms with Crippen LogP contribution in [0.4, 0.5) is 23.2 Å². The van der Waals surface area contributed by atoms with Gasteiger partial charge in [-0.15, -0.1) is 11.3 Å². The van der Waals surface area contributed by atoms with E-state index in [1.807, 2.05) is 11.9 Å². The standard InChI is InChI=1S/C21H21F4N5O3S2/c1-30-6-5-11(10(22)8-30)26-12-4-2-3-9-16(12)34-18(17(9)35-21(23,24)25)19-28-20(33-29-19)15-13(31)7-14(32)27-15/h2-4,10-11,13,15,26,31H,5-8H2,1H3,(H,27,32)/t10-,11+,13+,15+/m0/s1. The van der Waals surface area contributed by atoms with E-state index >= 15 is 0 Å². The Morgan fingerprint density at radius 1 is 1.37 bits per heavy atom. The van der Waals surface area contributed by atoms with Crippen molar-refractivity contribution in [3.05, 3.63) is 24.1 Å². The number of carbonyl (C=O) groups excluding carboxylic acids is 1. The Labute approximate surface area is 205 Å². The number of aliphatic hydroxyl groups is 1. The van der Waals surface area contributed by atoms with Crippen LogP contribution in [0, 0.1) is 0 Å². The zero-order valence-corrected chi connectivity index (χ0v) is 19.9. The van der Waals surface area contributed by atoms with Crippen LogP contribution in [0.5, 0.6) is 0 Å². The third-order valence-electron chi connectivity index (χ3n) is 5.98. The van der Waals surface area contributed by atoms with Gasteiger partial charge in [0.05, 0.1) is 33.8 Å². The Balaban J connectivity index is 1.54. The van der Waals surface area contributed by atoms with Crippen LogP contribution in [-0.4, -0.2) is 70.0 Å². The number of hydrogen-bond donors (Lipinski definition) is 3. The molecule has 0 radical (unpaired) electrons. The third kappa shape index (κ3) is 4.97. The molecule has 14 heteroatoms. The lowest BCUT2D eigenvalue weighted by atomic mass is 10.0. The van der Waals surface area contributed by atoms with Crippen molar-refractivity contribution in [3.63, 3.8) is 0 Å². The number of anilines is 1. The van der Waals surface area contributed by atoms with E-state index in [9.17, 15) is 27.5 Å². The molecular weight excluding hydrogens is 510 g/mol. The van der Waals surface area contributed by atoms with Gasteiger partial charge in [-0.1, -0.05) is 17.3 Å². The van der Waals surface area contributed by atoms with Gasteiger partial charge in [-0.2, -0.15) is 18.2 Å². The van der Waals surface area contributed by atoms with E-state index in [-0.39, 0.29) is 46.2 Å². The highest BCUT2D eigenvalue weighted by atomic mass is 32.2. The second-order valence-corrected chi connectivity index (χ2v) is 10.7. The third-order valence-corrected chi connectivity index (χ3v) is 8.20. The zero-order chi connectivity index (χ0) is 24.9. The molecule has 2 aliphatic rings. The van der Waals surface area contributed by atoms with Gasteiger partial charge in [0, 0.05) is 23.4 Å². The number of aliphatic hydroxyl groups excluding tert-OH is 1. The minimum Gasteiger partial charge on any atom is -0.390 e. The van der Waals surface area contributed by atoms with E-state index in [1.165, 1.54) is 0 Å². The van der Waals surface area contributed by atoms with E-state index < -0.39 is 35.8 Å². The lowest BCUT2D eigenvalue weighted by Crippen LogP contribution is -2.46. The van der Waals surface area contributed by atoms with Gasteiger partial charge in [0.15, 0.2) is 0 Å². The monoisotopic (exact) mass is 531 g/mol. The van der Waals surface area contributed by atoms with Crippen molar-refractivity contribution in [1.29, 1.82) is 0 Å². The van der Waals surface area contributed by atoms with E-state index in [0.717, 1.165) is 11.3 Å². The summed E-state index contributed by atoms with van der Waals surface area (Å²) < 4.78 is 60.8. The number of hydrogen-bond acceptors (Lipinski definition) is 9. The molecule has 2 saturated heterocycles. The topological polar surface area (TPSA) is 104 Å². The van der Waals surface area contributed by atoms with Gasteiger partial charge in [-0.05, 0) is 31.3 Å². The number of halogens is 4. The molecule has 0 unspecified atom stereocenters. The van der Waals surface area contributed by atoms with Crippen molar-refractivity contribution in [2.45, 2.75) is 47.6 Å². The number of piperidine rings is 1. The molecule has 5 rings (SSSR count). The first-order valence-corrected chi connectivity index (χ1v) is 12.4. The summed E-state index contributed by atoms with van der Waals surface area (Å²) in [7, 11) is 1.84. The molecule has 2 aliphatic heterocycles. The second-order valence-electron chi connectivity index (χ2n) is 8.58. The van der Waals surface area contributed by atoms with Crippen LogP contribution in [0.2, 0.25) is 0 Å². The van der Waals surface area contributed by atoms with Crippen LogP contribution in [0.15, 0.2) is 27.6 Å². The molecule has 0 bridgehead atoms. The second kappa shape index (κ2) is 9.22. The number of amides is 1. The van der Waals surface area contributed by atoms with Crippen molar-refractivity contribution in [1.82, 2.24) is 20.4 Å². The summed E-state index contributed by atoms with van der Waals surface area (Å²) >= 11 is 0.758. The predicted molar refractivity (Wildman–Crippen MR) is 123 cm³/mol. The Bertz CT molecular complexity index is 1250. The van der Waals surface area contributed by atoms with Crippen LogP contribution in [0.3, 0.4) is 0 Å². The maximum absolute atomic E-state index is 14.6. The molecule has 1 amide bonds. The van der Waals surface area contributed by atoms with Crippen LogP contribution >= 0.6 is 23.1 Å². The molecule has 0 spiro atoms. The summed E-state index contributed by atoms with van der Waals surface area (Å²) in [6, 6.07) is 3.50. The number of thiophene rings is 1. The number of nitrogens with zero attached hydrogens (tertiary/aromatic N) is 3. The molecule has 3 aromatic rings. The normalized spacial score (nSPS) is 25.8. The summed E-state index contributed by atoms with van der Waals surface area (Å²) in [5.41, 5.74) is -4.05. The highest BCUT2D eigenvalue weighted by molar-refractivity contribution is 8.00. The lowest BCUT2D eigenvalue weighted by molar-refractivity contribution is -0.119. The number of likely N-dealkylation sites (tertiary alicyclic amines) is 1. The highest BCUT2D eigenvalue weighted by Crippen LogP contribution is 2.50. The number of fused-ring (bicyclic) bond motifs is 1. The molecule has 188 valence electrons. The highest BCUT2D eigenvalue weighted by Gasteiger charge is 2.38. The Kier molecular flexibility index (Phi) is 6.40. The minimum absolute atomic E-state index is 0.0880. The molecule has 2 aromatic heterocycles. The van der Waals surface area contributed by atoms with Crippen molar-refractivity contribution >= 4 is 44.8 Å². The van der Waals surface area contributed by atoms with Gasteiger partial charge >= 0.3 is 5.51 Å². The molecule has 1 aromatic carbocycles. The number of thioether (sulfide) groups is 1. The first-order chi connectivity index (χ1) is 16.6. The lowest BCUT2D eigenvalue weighted by Gasteiger charge is -2.33. The molecule has 35 heavy (non-hydrogen) atoms. The smallest absolute Gasteiger partial charge is 0.390 e. The van der Waals surface area contributed by atoms with Crippen molar-refractivity contribution in [2.24, 2.45) is 0 Å². The number of rotatable bonds is 5. The summed E-state index contributed by atoms with van der Waals surface area (Å²) in [4.78, 5) is 17.7. The number of alkyl halides is 4. The first kappa shape index (κ1) is 24.3. The predicted octanol–water partition coefficient (Wildman–Crippen LogP) is 3.94. The number of carbonyl (C=O) groups is 1. The number of nitrogens with one attached hydrogen (secondary N) is 2. The van der Waals surface area contributed by atoms with Gasteiger partial charge < -0.3 is 25.2 Å². The van der Waals surface area contributed by atoms with E-state index in [4.69, 9.17) is 4.52 Å². The average molecular weight is 532 g/mol. The van der Waals surface area contributed by atoms with Crippen molar-refractivity contribution in [3.8, 4) is 10.7 Å². The van der Waals surface area contributed by atoms with Crippen molar-refractivity contribution < 1.29 is 32.0 Å². The van der Waals surface area contributed by atoms with E-state index in [2.05, 4.69) is 20.8 Å². The summed E-state index contributed by atoms with van der Waals surface area (Å²) in [5.74, 6) is -0.577. The first-order valence-electron chi connectivity index (χ1n) is 10.8. The molecular formula is C21H21F4N5O3S2. The largest absolute Gasteiger partial charge is 0.446 e. The van der Waals surface area contributed by atoms with E-state index in [1.54, 1.807) is 18.2 Å². The maximum atomic E-state index is 14.6. The summed E-state index contributed by atoms with van der Waals surface area (Å²) in [5, 5.41) is 19.9. The molecule has 4 heterocycles. The Morgan fingerprint density at radius 2 is 2.17 bits per heavy atom. The van der Waals surface area contributed by atoms with Gasteiger partial charge in [0.25, 0.3) is 5.89 Å². The molecule has 0 aliphatic carbocycles. The van der Waals surface area contributed by atoms with E-state index in [0.29, 0.717) is 28.7 Å². The van der Waals surface area contributed by atoms with Crippen LogP contribution in [0.25, 0.3) is 20.8 Å². The van der Waals surface area contributed by atoms with Crippen molar-refractivity contribution in [2.75, 3.05) is 25.5 Å². The van der Waals surface area contributed by atoms with Gasteiger partial charge in [0.1, 0.15) is 12.2 Å². The average Bonchev–Trinajstić information content (AvgIpc) is 3.47. The van der Waals surface area contributed by atoms with Crippen LogP contribution in [0.1, 0.15) is 24.8 Å². The molecule has 2 fully saturated rings. The van der Waals surface area contributed by atoms with Crippen LogP contribution < -0.4 is 10.6 Å². The van der Waals surface area contributed by atoms with Gasteiger partial charge in [0.2, 0.25) is 11.7 Å². The Hall–Kier alpha value is -2.42. The molecule has 8 nitrogen and oxygen atoms in total. The molecule has 3 N–H and O–H groups in total. The molecule has 0 saturated carbocycles. The Morgan fingerprint density at radius 3 is 2.86 bits per heavy atom. The SMILES string of the molecule is CN1CC[C@@H](Nc2cccc3c(SC(F)(F)F)c(-c4noc([C@@H]5NC(=O)C[C@H]5O)n4)sc23)[C@@H](F)C1. The fourth-order valence-corrected chi connectivity index (χ4v) is 6.42. The fourth-order valence-electron chi connectivity index (χ4n) is 4.31. The quantitative estimate of drug-likeness (QED) is 0.336. The molecule has 4 atom stereocenters. The number of aromatic nitrogens is 2. The summed E-state index contributed by atoms with van der Waals surface area (Å²) in [6.45, 7) is 0.974. The van der Waals surface area contributed by atoms with Crippen LogP contribution in [-0.2, 0) is 4.79 Å². The maximum Gasteiger partial charge on any atom is 0.446 e. The van der Waals surface area contributed by atoms with Gasteiger partial charge in [-0.25, -0.2) is 4.39 Å². The number of benzene rings is 1. The summed E-state index contributed by atoms with van der Waals surface area (Å²) in [6.07, 6.45) is -1.79. The van der Waals surface area contributed by atoms with Gasteiger partial charge in [-0.3, -0.25) is 4.79 Å². The fraction of sp³-hybridized carbons (Fsp3) is 0.476.